The molecule has 1 aliphatic rings. The SMILES string of the molecule is CCN(CC)S(=O)(=O)c1ccc(N2CCCC2)c(NC(=O)Cc2ccccc2OC)c1. The van der Waals surface area contributed by atoms with Crippen LogP contribution in [-0.2, 0) is 21.2 Å². The first-order chi connectivity index (χ1) is 14.9. The van der Waals surface area contributed by atoms with Crippen molar-refractivity contribution in [2.45, 2.75) is 38.0 Å². The van der Waals surface area contributed by atoms with Gasteiger partial charge in [0.2, 0.25) is 15.9 Å². The maximum atomic E-state index is 13.0. The number of ether oxygens (including phenoxy) is 1. The second kappa shape index (κ2) is 10.2. The molecule has 1 N–H and O–H groups in total. The predicted molar refractivity (Wildman–Crippen MR) is 123 cm³/mol. The number of nitrogens with one attached hydrogen (secondary N) is 1. The molecule has 7 nitrogen and oxygen atoms in total. The van der Waals surface area contributed by atoms with Crippen LogP contribution >= 0.6 is 0 Å². The molecule has 0 unspecified atom stereocenters. The van der Waals surface area contributed by atoms with E-state index in [1.54, 1.807) is 25.3 Å². The van der Waals surface area contributed by atoms with Gasteiger partial charge in [-0.1, -0.05) is 32.0 Å². The van der Waals surface area contributed by atoms with E-state index >= 15 is 0 Å². The van der Waals surface area contributed by atoms with Gasteiger partial charge in [-0.3, -0.25) is 4.79 Å². The first-order valence-electron chi connectivity index (χ1n) is 10.7. The Morgan fingerprint density at radius 3 is 2.42 bits per heavy atom. The van der Waals surface area contributed by atoms with Gasteiger partial charge in [0, 0.05) is 31.7 Å². The summed E-state index contributed by atoms with van der Waals surface area (Å²) >= 11 is 0. The van der Waals surface area contributed by atoms with Gasteiger partial charge in [-0.25, -0.2) is 8.42 Å². The van der Waals surface area contributed by atoms with Crippen LogP contribution in [-0.4, -0.2) is 51.9 Å². The maximum absolute atomic E-state index is 13.0. The third-order valence-corrected chi connectivity index (χ3v) is 7.62. The summed E-state index contributed by atoms with van der Waals surface area (Å²) in [6, 6.07) is 12.4. The summed E-state index contributed by atoms with van der Waals surface area (Å²) in [5.74, 6) is 0.428. The smallest absolute Gasteiger partial charge is 0.243 e. The molecule has 31 heavy (non-hydrogen) atoms. The van der Waals surface area contributed by atoms with E-state index in [9.17, 15) is 13.2 Å². The second-order valence-electron chi connectivity index (χ2n) is 7.50. The number of hydrogen-bond donors (Lipinski definition) is 1. The number of para-hydroxylation sites is 1. The summed E-state index contributed by atoms with van der Waals surface area (Å²) in [6.07, 6.45) is 2.29. The number of rotatable bonds is 9. The lowest BCUT2D eigenvalue weighted by atomic mass is 10.1. The van der Waals surface area contributed by atoms with Gasteiger partial charge in [0.1, 0.15) is 5.75 Å². The van der Waals surface area contributed by atoms with Crippen LogP contribution in [0.1, 0.15) is 32.3 Å². The largest absolute Gasteiger partial charge is 0.496 e. The van der Waals surface area contributed by atoms with Crippen molar-refractivity contribution in [3.05, 3.63) is 48.0 Å². The Kier molecular flexibility index (Phi) is 7.56. The number of methoxy groups -OCH3 is 1. The molecular weight excluding hydrogens is 414 g/mol. The van der Waals surface area contributed by atoms with E-state index in [0.29, 0.717) is 24.5 Å². The molecule has 1 heterocycles. The fourth-order valence-electron chi connectivity index (χ4n) is 3.94. The summed E-state index contributed by atoms with van der Waals surface area (Å²) in [7, 11) is -2.05. The molecule has 1 saturated heterocycles. The molecule has 3 rings (SSSR count). The third-order valence-electron chi connectivity index (χ3n) is 5.58. The van der Waals surface area contributed by atoms with E-state index in [4.69, 9.17) is 4.74 Å². The third kappa shape index (κ3) is 5.19. The van der Waals surface area contributed by atoms with Gasteiger partial charge in [0.05, 0.1) is 29.8 Å². The Morgan fingerprint density at radius 2 is 1.77 bits per heavy atom. The van der Waals surface area contributed by atoms with Gasteiger partial charge in [-0.05, 0) is 37.1 Å². The highest BCUT2D eigenvalue weighted by atomic mass is 32.2. The minimum absolute atomic E-state index is 0.135. The number of amides is 1. The molecule has 0 atom stereocenters. The monoisotopic (exact) mass is 445 g/mol. The topological polar surface area (TPSA) is 79.0 Å². The minimum atomic E-state index is -3.63. The normalized spacial score (nSPS) is 14.1. The quantitative estimate of drug-likeness (QED) is 0.639. The molecule has 1 aliphatic heterocycles. The van der Waals surface area contributed by atoms with Crippen molar-refractivity contribution in [1.29, 1.82) is 0 Å². The molecule has 0 aromatic heterocycles. The number of nitrogens with zero attached hydrogens (tertiary/aromatic N) is 2. The predicted octanol–water partition coefficient (Wildman–Crippen LogP) is 3.51. The van der Waals surface area contributed by atoms with E-state index in [1.807, 2.05) is 38.1 Å². The Hall–Kier alpha value is -2.58. The van der Waals surface area contributed by atoms with Crippen LogP contribution in [0.3, 0.4) is 0 Å². The molecular formula is C23H31N3O4S. The lowest BCUT2D eigenvalue weighted by Crippen LogP contribution is -2.31. The van der Waals surface area contributed by atoms with Crippen molar-refractivity contribution in [3.8, 4) is 5.75 Å². The minimum Gasteiger partial charge on any atom is -0.496 e. The van der Waals surface area contributed by atoms with Crippen molar-refractivity contribution in [2.24, 2.45) is 0 Å². The van der Waals surface area contributed by atoms with Gasteiger partial charge in [0.25, 0.3) is 0 Å². The Bertz CT molecular complexity index is 1010. The molecule has 0 aliphatic carbocycles. The molecule has 1 amide bonds. The number of carbonyl (C=O) groups is 1. The number of benzene rings is 2. The Balaban J connectivity index is 1.93. The van der Waals surface area contributed by atoms with Crippen LogP contribution in [0, 0.1) is 0 Å². The van der Waals surface area contributed by atoms with Gasteiger partial charge in [-0.2, -0.15) is 4.31 Å². The van der Waals surface area contributed by atoms with Crippen LogP contribution in [0.4, 0.5) is 11.4 Å². The standard InChI is InChI=1S/C23H31N3O4S/c1-4-26(5-2)31(28,29)19-12-13-21(25-14-8-9-15-25)20(17-19)24-23(27)16-18-10-6-7-11-22(18)30-3/h6-7,10-13,17H,4-5,8-9,14-16H2,1-3H3,(H,24,27). The van der Waals surface area contributed by atoms with Gasteiger partial charge < -0.3 is 15.0 Å². The maximum Gasteiger partial charge on any atom is 0.243 e. The average Bonchev–Trinajstić information content (AvgIpc) is 3.29. The lowest BCUT2D eigenvalue weighted by Gasteiger charge is -2.24. The second-order valence-corrected chi connectivity index (χ2v) is 9.44. The Labute approximate surface area is 185 Å². The fraction of sp³-hybridized carbons (Fsp3) is 0.435. The zero-order valence-electron chi connectivity index (χ0n) is 18.4. The van der Waals surface area contributed by atoms with Crippen molar-refractivity contribution in [3.63, 3.8) is 0 Å². The van der Waals surface area contributed by atoms with E-state index in [2.05, 4.69) is 10.2 Å². The first kappa shape index (κ1) is 23.1. The average molecular weight is 446 g/mol. The highest BCUT2D eigenvalue weighted by Gasteiger charge is 2.25. The molecule has 0 spiro atoms. The van der Waals surface area contributed by atoms with Gasteiger partial charge in [0.15, 0.2) is 0 Å². The molecule has 2 aromatic carbocycles. The number of hydrogen-bond acceptors (Lipinski definition) is 5. The summed E-state index contributed by atoms with van der Waals surface area (Å²) in [5, 5.41) is 2.96. The highest BCUT2D eigenvalue weighted by molar-refractivity contribution is 7.89. The lowest BCUT2D eigenvalue weighted by molar-refractivity contribution is -0.115. The molecule has 8 heteroatoms. The first-order valence-corrected chi connectivity index (χ1v) is 12.2. The summed E-state index contributed by atoms with van der Waals surface area (Å²) < 4.78 is 32.8. The van der Waals surface area contributed by atoms with Crippen molar-refractivity contribution in [1.82, 2.24) is 4.31 Å². The van der Waals surface area contributed by atoms with Crippen molar-refractivity contribution in [2.75, 3.05) is 43.5 Å². The number of anilines is 2. The molecule has 0 bridgehead atoms. The van der Waals surface area contributed by atoms with Crippen LogP contribution in [0.5, 0.6) is 5.75 Å². The summed E-state index contributed by atoms with van der Waals surface area (Å²) in [6.45, 7) is 6.19. The Morgan fingerprint density at radius 1 is 1.10 bits per heavy atom. The van der Waals surface area contributed by atoms with E-state index in [0.717, 1.165) is 37.2 Å². The van der Waals surface area contributed by atoms with E-state index in [1.165, 1.54) is 4.31 Å². The van der Waals surface area contributed by atoms with Gasteiger partial charge >= 0.3 is 0 Å². The van der Waals surface area contributed by atoms with Crippen LogP contribution < -0.4 is 15.0 Å². The zero-order valence-corrected chi connectivity index (χ0v) is 19.2. The molecule has 0 radical (unpaired) electrons. The fourth-order valence-corrected chi connectivity index (χ4v) is 5.42. The molecule has 2 aromatic rings. The number of carbonyl (C=O) groups excluding carboxylic acids is 1. The van der Waals surface area contributed by atoms with Crippen LogP contribution in [0.15, 0.2) is 47.4 Å². The van der Waals surface area contributed by atoms with Crippen LogP contribution in [0.2, 0.25) is 0 Å². The summed E-state index contributed by atoms with van der Waals surface area (Å²) in [5.41, 5.74) is 2.15. The summed E-state index contributed by atoms with van der Waals surface area (Å²) in [4.78, 5) is 15.3. The molecule has 1 fully saturated rings. The molecule has 168 valence electrons. The highest BCUT2D eigenvalue weighted by Crippen LogP contribution is 2.32. The van der Waals surface area contributed by atoms with E-state index < -0.39 is 10.0 Å². The van der Waals surface area contributed by atoms with Crippen LogP contribution in [0.25, 0.3) is 0 Å². The zero-order chi connectivity index (χ0) is 22.4. The number of sulfonamides is 1. The van der Waals surface area contributed by atoms with E-state index in [-0.39, 0.29) is 17.2 Å². The van der Waals surface area contributed by atoms with Gasteiger partial charge in [-0.15, -0.1) is 0 Å². The molecule has 0 saturated carbocycles. The van der Waals surface area contributed by atoms with Crippen molar-refractivity contribution >= 4 is 27.3 Å². The van der Waals surface area contributed by atoms with Crippen molar-refractivity contribution < 1.29 is 17.9 Å².